The van der Waals surface area contributed by atoms with Crippen molar-refractivity contribution in [2.75, 3.05) is 13.2 Å². The minimum absolute atomic E-state index is 0.255. The van der Waals surface area contributed by atoms with Gasteiger partial charge in [-0.3, -0.25) is 0 Å². The van der Waals surface area contributed by atoms with Crippen molar-refractivity contribution >= 4 is 11.9 Å². The van der Waals surface area contributed by atoms with Crippen LogP contribution in [0.4, 0.5) is 0 Å². The summed E-state index contributed by atoms with van der Waals surface area (Å²) < 4.78 is 4.62. The summed E-state index contributed by atoms with van der Waals surface area (Å²) in [6, 6.07) is -1.12. The lowest BCUT2D eigenvalue weighted by Crippen LogP contribution is -2.38. The van der Waals surface area contributed by atoms with Gasteiger partial charge in [-0.25, -0.2) is 9.59 Å². The molecule has 0 amide bonds. The highest BCUT2D eigenvalue weighted by Gasteiger charge is 2.15. The van der Waals surface area contributed by atoms with Gasteiger partial charge in [-0.2, -0.15) is 0 Å². The highest BCUT2D eigenvalue weighted by molar-refractivity contribution is 5.82. The number of esters is 1. The van der Waals surface area contributed by atoms with E-state index in [2.05, 4.69) is 10.1 Å². The molecule has 0 aliphatic rings. The molecule has 15 heavy (non-hydrogen) atoms. The summed E-state index contributed by atoms with van der Waals surface area (Å²) in [6.45, 7) is 2.89. The Balaban J connectivity index is 4.26. The van der Waals surface area contributed by atoms with E-state index in [1.165, 1.54) is 6.92 Å². The second-order valence-electron chi connectivity index (χ2n) is 2.80. The largest absolute Gasteiger partial charge is 0.480 e. The van der Waals surface area contributed by atoms with E-state index in [4.69, 9.17) is 10.2 Å². The topological polar surface area (TPSA) is 95.9 Å². The molecule has 6 heteroatoms. The molecule has 0 bridgehead atoms. The van der Waals surface area contributed by atoms with Crippen molar-refractivity contribution in [2.24, 2.45) is 0 Å². The summed E-state index contributed by atoms with van der Waals surface area (Å²) in [5.74, 6) is -1.74. The van der Waals surface area contributed by atoms with Crippen LogP contribution in [0.15, 0.2) is 11.8 Å². The van der Waals surface area contributed by atoms with E-state index >= 15 is 0 Å². The number of aliphatic hydroxyl groups is 1. The van der Waals surface area contributed by atoms with Crippen molar-refractivity contribution in [3.05, 3.63) is 11.8 Å². The van der Waals surface area contributed by atoms with Crippen LogP contribution in [0, 0.1) is 0 Å². The smallest absolute Gasteiger partial charge is 0.332 e. The third-order valence-corrected chi connectivity index (χ3v) is 1.50. The minimum atomic E-state index is -1.19. The van der Waals surface area contributed by atoms with Crippen LogP contribution in [-0.4, -0.2) is 41.4 Å². The number of carboxylic acids is 1. The number of rotatable bonds is 6. The maximum atomic E-state index is 10.9. The summed E-state index contributed by atoms with van der Waals surface area (Å²) in [6.07, 6.45) is 1.13. The molecule has 0 aliphatic heterocycles. The normalized spacial score (nSPS) is 13.1. The molecule has 0 spiro atoms. The SMILES string of the molecule is CCOC(=O)/C=C(\C)N[C@@H](CO)C(=O)O. The van der Waals surface area contributed by atoms with Gasteiger partial charge in [0.2, 0.25) is 0 Å². The fourth-order valence-electron chi connectivity index (χ4n) is 0.863. The molecule has 0 radical (unpaired) electrons. The Labute approximate surface area is 87.5 Å². The van der Waals surface area contributed by atoms with Crippen LogP contribution in [0.25, 0.3) is 0 Å². The minimum Gasteiger partial charge on any atom is -0.480 e. The lowest BCUT2D eigenvalue weighted by molar-refractivity contribution is -0.140. The molecule has 3 N–H and O–H groups in total. The van der Waals surface area contributed by atoms with E-state index in [1.807, 2.05) is 0 Å². The molecule has 0 aromatic carbocycles. The average Bonchev–Trinajstić information content (AvgIpc) is 2.13. The van der Waals surface area contributed by atoms with Crippen molar-refractivity contribution in [1.82, 2.24) is 5.32 Å². The lowest BCUT2D eigenvalue weighted by Gasteiger charge is -2.12. The first-order valence-corrected chi connectivity index (χ1v) is 4.46. The van der Waals surface area contributed by atoms with Gasteiger partial charge in [0, 0.05) is 11.8 Å². The van der Waals surface area contributed by atoms with Gasteiger partial charge in [0.1, 0.15) is 6.04 Å². The molecule has 0 aliphatic carbocycles. The van der Waals surface area contributed by atoms with Crippen LogP contribution >= 0.6 is 0 Å². The van der Waals surface area contributed by atoms with Crippen molar-refractivity contribution in [3.8, 4) is 0 Å². The van der Waals surface area contributed by atoms with Gasteiger partial charge in [0.25, 0.3) is 0 Å². The van der Waals surface area contributed by atoms with Crippen molar-refractivity contribution in [3.63, 3.8) is 0 Å². The third-order valence-electron chi connectivity index (χ3n) is 1.50. The van der Waals surface area contributed by atoms with Crippen LogP contribution < -0.4 is 5.32 Å². The molecule has 1 atom stereocenters. The number of hydrogen-bond donors (Lipinski definition) is 3. The standard InChI is InChI=1S/C9H15NO5/c1-3-15-8(12)4-6(2)10-7(5-11)9(13)14/h4,7,10-11H,3,5H2,1-2H3,(H,13,14)/b6-4+/t7-/m0/s1. The molecule has 86 valence electrons. The summed E-state index contributed by atoms with van der Waals surface area (Å²) in [4.78, 5) is 21.5. The first-order valence-electron chi connectivity index (χ1n) is 4.46. The lowest BCUT2D eigenvalue weighted by atomic mass is 10.3. The summed E-state index contributed by atoms with van der Waals surface area (Å²) in [5.41, 5.74) is 0.329. The second-order valence-corrected chi connectivity index (χ2v) is 2.80. The van der Waals surface area contributed by atoms with Gasteiger partial charge in [-0.1, -0.05) is 0 Å². The Hall–Kier alpha value is -1.56. The Morgan fingerprint density at radius 1 is 1.53 bits per heavy atom. The van der Waals surface area contributed by atoms with E-state index in [0.29, 0.717) is 5.70 Å². The van der Waals surface area contributed by atoms with Gasteiger partial charge in [-0.15, -0.1) is 0 Å². The monoisotopic (exact) mass is 217 g/mol. The van der Waals surface area contributed by atoms with Gasteiger partial charge >= 0.3 is 11.9 Å². The van der Waals surface area contributed by atoms with E-state index in [-0.39, 0.29) is 6.61 Å². The van der Waals surface area contributed by atoms with Crippen molar-refractivity contribution in [1.29, 1.82) is 0 Å². The fraction of sp³-hybridized carbons (Fsp3) is 0.556. The quantitative estimate of drug-likeness (QED) is 0.409. The Morgan fingerprint density at radius 2 is 2.13 bits per heavy atom. The zero-order chi connectivity index (χ0) is 11.8. The summed E-state index contributed by atoms with van der Waals surface area (Å²) in [7, 11) is 0. The number of hydrogen-bond acceptors (Lipinski definition) is 5. The maximum Gasteiger partial charge on any atom is 0.332 e. The molecule has 0 fully saturated rings. The van der Waals surface area contributed by atoms with E-state index in [0.717, 1.165) is 6.08 Å². The van der Waals surface area contributed by atoms with Gasteiger partial charge in [0.15, 0.2) is 0 Å². The fourth-order valence-corrected chi connectivity index (χ4v) is 0.863. The number of carbonyl (C=O) groups excluding carboxylic acids is 1. The molecule has 0 rings (SSSR count). The Bertz CT molecular complexity index is 261. The zero-order valence-electron chi connectivity index (χ0n) is 8.69. The Kier molecular flexibility index (Phi) is 6.12. The first-order chi connectivity index (χ1) is 7.01. The van der Waals surface area contributed by atoms with Crippen LogP contribution in [0.1, 0.15) is 13.8 Å². The van der Waals surface area contributed by atoms with Crippen LogP contribution in [0.5, 0.6) is 0 Å². The zero-order valence-corrected chi connectivity index (χ0v) is 8.69. The molecule has 0 saturated heterocycles. The number of aliphatic carboxylic acids is 1. The van der Waals surface area contributed by atoms with E-state index < -0.39 is 24.6 Å². The molecular weight excluding hydrogens is 202 g/mol. The van der Waals surface area contributed by atoms with Gasteiger partial charge in [-0.05, 0) is 13.8 Å². The molecule has 0 heterocycles. The number of carbonyl (C=O) groups is 2. The Morgan fingerprint density at radius 3 is 2.53 bits per heavy atom. The number of ether oxygens (including phenoxy) is 1. The number of allylic oxidation sites excluding steroid dienone is 1. The molecular formula is C9H15NO5. The summed E-state index contributed by atoms with van der Waals surface area (Å²) in [5, 5.41) is 19.8. The average molecular weight is 217 g/mol. The number of nitrogens with one attached hydrogen (secondary N) is 1. The predicted molar refractivity (Wildman–Crippen MR) is 52.0 cm³/mol. The third kappa shape index (κ3) is 5.69. The maximum absolute atomic E-state index is 10.9. The molecule has 0 aromatic rings. The van der Waals surface area contributed by atoms with Crippen molar-refractivity contribution < 1.29 is 24.5 Å². The molecule has 0 saturated carbocycles. The number of carboxylic acid groups (broad SMARTS) is 1. The number of aliphatic hydroxyl groups excluding tert-OH is 1. The van der Waals surface area contributed by atoms with Crippen LogP contribution in [0.2, 0.25) is 0 Å². The second kappa shape index (κ2) is 6.83. The van der Waals surface area contributed by atoms with Gasteiger partial charge < -0.3 is 20.3 Å². The van der Waals surface area contributed by atoms with Crippen LogP contribution in [-0.2, 0) is 14.3 Å². The van der Waals surface area contributed by atoms with E-state index in [9.17, 15) is 9.59 Å². The highest BCUT2D eigenvalue weighted by atomic mass is 16.5. The van der Waals surface area contributed by atoms with Crippen LogP contribution in [0.3, 0.4) is 0 Å². The first kappa shape index (κ1) is 13.4. The summed E-state index contributed by atoms with van der Waals surface area (Å²) >= 11 is 0. The van der Waals surface area contributed by atoms with Gasteiger partial charge in [0.05, 0.1) is 13.2 Å². The van der Waals surface area contributed by atoms with E-state index in [1.54, 1.807) is 6.92 Å². The highest BCUT2D eigenvalue weighted by Crippen LogP contribution is 1.93. The van der Waals surface area contributed by atoms with Crippen molar-refractivity contribution in [2.45, 2.75) is 19.9 Å². The predicted octanol–water partition coefficient (Wildman–Crippen LogP) is -0.512. The molecule has 0 unspecified atom stereocenters. The molecule has 0 aromatic heterocycles. The molecule has 6 nitrogen and oxygen atoms in total.